The normalized spacial score (nSPS) is 15.3. The first-order valence-electron chi connectivity index (χ1n) is 12.7. The average molecular weight is 505 g/mol. The van der Waals surface area contributed by atoms with Gasteiger partial charge in [0, 0.05) is 38.3 Å². The van der Waals surface area contributed by atoms with E-state index < -0.39 is 21.4 Å². The van der Waals surface area contributed by atoms with Gasteiger partial charge in [-0.05, 0) is 64.0 Å². The van der Waals surface area contributed by atoms with Gasteiger partial charge in [0.1, 0.15) is 5.56 Å². The molecule has 8 nitrogen and oxygen atoms in total. The van der Waals surface area contributed by atoms with Gasteiger partial charge in [0.25, 0.3) is 5.91 Å². The number of carbonyl (C=O) groups is 1. The lowest BCUT2D eigenvalue weighted by Gasteiger charge is -2.30. The Kier molecular flexibility index (Phi) is 9.49. The number of rotatable bonds is 11. The average Bonchev–Trinajstić information content (AvgIpc) is 2.87. The Balaban J connectivity index is 1.79. The van der Waals surface area contributed by atoms with Crippen LogP contribution < -0.4 is 10.7 Å². The molecule has 0 bridgehead atoms. The monoisotopic (exact) mass is 504 g/mol. The molecule has 0 radical (unpaired) electrons. The maximum atomic E-state index is 13.3. The number of unbranched alkanes of at least 4 members (excludes halogenated alkanes) is 1. The number of hydrogen-bond donors (Lipinski definition) is 1. The van der Waals surface area contributed by atoms with Crippen molar-refractivity contribution < 1.29 is 13.2 Å². The van der Waals surface area contributed by atoms with Crippen LogP contribution in [0.3, 0.4) is 0 Å². The molecule has 0 atom stereocenters. The van der Waals surface area contributed by atoms with Crippen molar-refractivity contribution in [1.29, 1.82) is 0 Å². The molecule has 1 fully saturated rings. The summed E-state index contributed by atoms with van der Waals surface area (Å²) in [4.78, 5) is 28.4. The van der Waals surface area contributed by atoms with Gasteiger partial charge in [-0.3, -0.25) is 9.59 Å². The van der Waals surface area contributed by atoms with Crippen molar-refractivity contribution >= 4 is 26.8 Å². The van der Waals surface area contributed by atoms with Crippen LogP contribution in [0, 0.1) is 0 Å². The van der Waals surface area contributed by atoms with Crippen LogP contribution in [0.15, 0.2) is 34.1 Å². The van der Waals surface area contributed by atoms with Crippen LogP contribution in [-0.4, -0.2) is 67.9 Å². The fourth-order valence-corrected chi connectivity index (χ4v) is 6.23. The number of sulfonamides is 1. The second-order valence-electron chi connectivity index (χ2n) is 9.74. The van der Waals surface area contributed by atoms with E-state index in [1.807, 2.05) is 0 Å². The van der Waals surface area contributed by atoms with Crippen molar-refractivity contribution in [3.05, 3.63) is 40.2 Å². The standard InChI is InChI=1S/C26H40N4O4S/c1-5-6-16-28(2)17-10-15-27-26(32)23-19-29(3)24-14-13-21(18-22(24)25(23)31)35(33,34)30(4)20-11-8-7-9-12-20/h13-14,18-20H,5-12,15-17H2,1-4H3,(H,27,32). The maximum absolute atomic E-state index is 13.3. The third-order valence-electron chi connectivity index (χ3n) is 7.07. The molecular formula is C26H40N4O4S. The minimum absolute atomic E-state index is 0.0227. The molecule has 1 heterocycles. The predicted octanol–water partition coefficient (Wildman–Crippen LogP) is 3.34. The topological polar surface area (TPSA) is 91.7 Å². The molecule has 3 rings (SSSR count). The van der Waals surface area contributed by atoms with Gasteiger partial charge >= 0.3 is 0 Å². The fraction of sp³-hybridized carbons (Fsp3) is 0.615. The van der Waals surface area contributed by atoms with Crippen LogP contribution in [0.25, 0.3) is 10.9 Å². The number of pyridine rings is 1. The zero-order valence-electron chi connectivity index (χ0n) is 21.5. The summed E-state index contributed by atoms with van der Waals surface area (Å²) in [5, 5.41) is 3.08. The molecule has 0 aliphatic heterocycles. The molecule has 1 aromatic heterocycles. The highest BCUT2D eigenvalue weighted by Gasteiger charge is 2.29. The van der Waals surface area contributed by atoms with Gasteiger partial charge in [-0.15, -0.1) is 0 Å². The van der Waals surface area contributed by atoms with Gasteiger partial charge in [-0.2, -0.15) is 4.31 Å². The summed E-state index contributed by atoms with van der Waals surface area (Å²) in [7, 11) is 1.69. The Morgan fingerprint density at radius 1 is 1.11 bits per heavy atom. The van der Waals surface area contributed by atoms with E-state index in [-0.39, 0.29) is 21.9 Å². The van der Waals surface area contributed by atoms with Crippen molar-refractivity contribution in [2.75, 3.05) is 33.7 Å². The van der Waals surface area contributed by atoms with E-state index in [1.165, 1.54) is 16.6 Å². The third-order valence-corrected chi connectivity index (χ3v) is 8.97. The highest BCUT2D eigenvalue weighted by atomic mass is 32.2. The molecule has 0 spiro atoms. The Hall–Kier alpha value is -2.23. The van der Waals surface area contributed by atoms with E-state index in [0.29, 0.717) is 12.1 Å². The van der Waals surface area contributed by atoms with Gasteiger partial charge in [0.2, 0.25) is 15.5 Å². The maximum Gasteiger partial charge on any atom is 0.256 e. The van der Waals surface area contributed by atoms with Crippen LogP contribution in [0.1, 0.15) is 68.6 Å². The molecule has 35 heavy (non-hydrogen) atoms. The number of amides is 1. The number of fused-ring (bicyclic) bond motifs is 1. The largest absolute Gasteiger partial charge is 0.352 e. The summed E-state index contributed by atoms with van der Waals surface area (Å²) in [5.74, 6) is -0.434. The van der Waals surface area contributed by atoms with Crippen LogP contribution in [-0.2, 0) is 17.1 Å². The van der Waals surface area contributed by atoms with E-state index in [0.717, 1.165) is 64.5 Å². The summed E-state index contributed by atoms with van der Waals surface area (Å²) < 4.78 is 29.8. The van der Waals surface area contributed by atoms with Gasteiger partial charge in [-0.1, -0.05) is 32.6 Å². The number of nitrogens with zero attached hydrogens (tertiary/aromatic N) is 3. The highest BCUT2D eigenvalue weighted by Crippen LogP contribution is 2.27. The minimum Gasteiger partial charge on any atom is -0.352 e. The van der Waals surface area contributed by atoms with Crippen LogP contribution in [0.5, 0.6) is 0 Å². The van der Waals surface area contributed by atoms with Crippen LogP contribution in [0.2, 0.25) is 0 Å². The number of aryl methyl sites for hydroxylation is 1. The van der Waals surface area contributed by atoms with Crippen LogP contribution >= 0.6 is 0 Å². The second kappa shape index (κ2) is 12.1. The van der Waals surface area contributed by atoms with Crippen molar-refractivity contribution in [2.24, 2.45) is 7.05 Å². The lowest BCUT2D eigenvalue weighted by molar-refractivity contribution is 0.0950. The number of carbonyl (C=O) groups excluding carboxylic acids is 1. The first-order valence-corrected chi connectivity index (χ1v) is 14.2. The van der Waals surface area contributed by atoms with Gasteiger partial charge in [-0.25, -0.2) is 8.42 Å². The number of hydrogen-bond acceptors (Lipinski definition) is 5. The molecule has 0 unspecified atom stereocenters. The molecule has 2 aromatic rings. The SMILES string of the molecule is CCCCN(C)CCCNC(=O)c1cn(C)c2ccc(S(=O)(=O)N(C)C3CCCCC3)cc2c1=O. The molecule has 0 saturated heterocycles. The first-order chi connectivity index (χ1) is 16.7. The predicted molar refractivity (Wildman–Crippen MR) is 140 cm³/mol. The quantitative estimate of drug-likeness (QED) is 0.474. The fourth-order valence-electron chi connectivity index (χ4n) is 4.79. The molecular weight excluding hydrogens is 464 g/mol. The van der Waals surface area contributed by atoms with E-state index in [1.54, 1.807) is 30.8 Å². The van der Waals surface area contributed by atoms with Crippen molar-refractivity contribution in [3.63, 3.8) is 0 Å². The molecule has 9 heteroatoms. The Morgan fingerprint density at radius 3 is 2.49 bits per heavy atom. The molecule has 1 aliphatic rings. The Labute approximate surface area is 209 Å². The van der Waals surface area contributed by atoms with Gasteiger partial charge in [0.15, 0.2) is 0 Å². The summed E-state index contributed by atoms with van der Waals surface area (Å²) in [5.41, 5.74) is 0.158. The van der Waals surface area contributed by atoms with Crippen molar-refractivity contribution in [1.82, 2.24) is 19.1 Å². The molecule has 1 aliphatic carbocycles. The summed E-state index contributed by atoms with van der Waals surface area (Å²) in [6.45, 7) is 4.52. The van der Waals surface area contributed by atoms with Gasteiger partial charge < -0.3 is 14.8 Å². The molecule has 1 N–H and O–H groups in total. The van der Waals surface area contributed by atoms with E-state index in [4.69, 9.17) is 0 Å². The molecule has 1 aromatic carbocycles. The smallest absolute Gasteiger partial charge is 0.256 e. The number of nitrogens with one attached hydrogen (secondary N) is 1. The molecule has 1 saturated carbocycles. The number of benzene rings is 1. The zero-order chi connectivity index (χ0) is 25.6. The lowest BCUT2D eigenvalue weighted by Crippen LogP contribution is -2.38. The van der Waals surface area contributed by atoms with E-state index in [9.17, 15) is 18.0 Å². The van der Waals surface area contributed by atoms with Crippen molar-refractivity contribution in [2.45, 2.75) is 69.2 Å². The summed E-state index contributed by atoms with van der Waals surface area (Å²) in [6.07, 6.45) is 9.48. The molecule has 194 valence electrons. The highest BCUT2D eigenvalue weighted by molar-refractivity contribution is 7.89. The summed E-state index contributed by atoms with van der Waals surface area (Å²) >= 11 is 0. The van der Waals surface area contributed by atoms with Crippen molar-refractivity contribution in [3.8, 4) is 0 Å². The van der Waals surface area contributed by atoms with E-state index >= 15 is 0 Å². The molecule has 1 amide bonds. The van der Waals surface area contributed by atoms with Gasteiger partial charge in [0.05, 0.1) is 10.4 Å². The lowest BCUT2D eigenvalue weighted by atomic mass is 9.96. The first kappa shape index (κ1) is 27.4. The summed E-state index contributed by atoms with van der Waals surface area (Å²) in [6, 6.07) is 4.59. The minimum atomic E-state index is -3.75. The second-order valence-corrected chi connectivity index (χ2v) is 11.7. The Morgan fingerprint density at radius 2 is 1.80 bits per heavy atom. The third kappa shape index (κ3) is 6.51. The zero-order valence-corrected chi connectivity index (χ0v) is 22.4. The van der Waals surface area contributed by atoms with E-state index in [2.05, 4.69) is 24.2 Å². The number of aromatic nitrogens is 1. The van der Waals surface area contributed by atoms with Crippen LogP contribution in [0.4, 0.5) is 0 Å². The Bertz CT molecular complexity index is 1190.